The molecule has 1 aromatic heterocycles. The van der Waals surface area contributed by atoms with Crippen molar-refractivity contribution in [2.45, 2.75) is 37.4 Å². The topological polar surface area (TPSA) is 118 Å². The molecule has 0 aliphatic carbocycles. The largest absolute Gasteiger partial charge is 0.329 e. The lowest BCUT2D eigenvalue weighted by Gasteiger charge is -2.17. The predicted molar refractivity (Wildman–Crippen MR) is 130 cm³/mol. The molecule has 0 bridgehead atoms. The average molecular weight is 511 g/mol. The van der Waals surface area contributed by atoms with E-state index in [2.05, 4.69) is 9.88 Å². The smallest absolute Gasteiger partial charge is 0.326 e. The lowest BCUT2D eigenvalue weighted by molar-refractivity contribution is 0.327. The molecule has 1 aliphatic rings. The number of hydrogen-bond donors (Lipinski definition) is 2. The van der Waals surface area contributed by atoms with Crippen LogP contribution in [0, 0.1) is 0 Å². The Morgan fingerprint density at radius 1 is 1.12 bits per heavy atom. The van der Waals surface area contributed by atoms with Gasteiger partial charge in [-0.25, -0.2) is 13.2 Å². The van der Waals surface area contributed by atoms with E-state index in [0.717, 1.165) is 29.6 Å². The lowest BCUT2D eigenvalue weighted by atomic mass is 10.1. The highest BCUT2D eigenvalue weighted by atomic mass is 35.5. The lowest BCUT2D eigenvalue weighted by Crippen LogP contribution is -2.36. The van der Waals surface area contributed by atoms with Crippen molar-refractivity contribution in [1.29, 1.82) is 0 Å². The summed E-state index contributed by atoms with van der Waals surface area (Å²) in [6.45, 7) is 3.46. The van der Waals surface area contributed by atoms with Crippen LogP contribution < -0.4 is 17.0 Å². The maximum absolute atomic E-state index is 13.2. The second-order valence-electron chi connectivity index (χ2n) is 8.25. The van der Waals surface area contributed by atoms with Gasteiger partial charge in [0.25, 0.3) is 5.56 Å². The number of fused-ring (bicyclic) bond motifs is 1. The number of H-pyrrole nitrogens is 1. The number of likely N-dealkylation sites (tertiary alicyclic amines) is 1. The van der Waals surface area contributed by atoms with E-state index in [0.29, 0.717) is 22.1 Å². The van der Waals surface area contributed by atoms with Crippen molar-refractivity contribution >= 4 is 43.9 Å². The minimum atomic E-state index is -3.58. The third-order valence-electron chi connectivity index (χ3n) is 5.92. The van der Waals surface area contributed by atoms with Gasteiger partial charge in [0.2, 0.25) is 0 Å². The van der Waals surface area contributed by atoms with Gasteiger partial charge in [0.1, 0.15) is 0 Å². The number of nitrogens with two attached hydrogens (primary N) is 1. The Balaban J connectivity index is 1.77. The van der Waals surface area contributed by atoms with Gasteiger partial charge in [-0.3, -0.25) is 14.3 Å². The Kier molecular flexibility index (Phi) is 6.70. The molecule has 0 unspecified atom stereocenters. The zero-order chi connectivity index (χ0) is 23.9. The van der Waals surface area contributed by atoms with Gasteiger partial charge in [-0.05, 0) is 47.9 Å². The molecule has 1 fully saturated rings. The highest BCUT2D eigenvalue weighted by molar-refractivity contribution is 7.91. The summed E-state index contributed by atoms with van der Waals surface area (Å²) < 4.78 is 26.0. The highest BCUT2D eigenvalue weighted by Crippen LogP contribution is 2.25. The van der Waals surface area contributed by atoms with E-state index in [1.165, 1.54) is 25.1 Å². The number of halogens is 2. The number of aromatic amines is 1. The van der Waals surface area contributed by atoms with E-state index in [1.54, 1.807) is 12.1 Å². The maximum atomic E-state index is 13.2. The number of hydrogen-bond acceptors (Lipinski definition) is 6. The molecule has 33 heavy (non-hydrogen) atoms. The molecule has 0 saturated carbocycles. The molecule has 11 heteroatoms. The summed E-state index contributed by atoms with van der Waals surface area (Å²) in [7, 11) is -3.58. The van der Waals surface area contributed by atoms with Crippen LogP contribution in [0.5, 0.6) is 0 Å². The van der Waals surface area contributed by atoms with E-state index in [1.807, 2.05) is 0 Å². The van der Waals surface area contributed by atoms with Gasteiger partial charge in [-0.2, -0.15) is 0 Å². The molecule has 176 valence electrons. The van der Waals surface area contributed by atoms with Crippen LogP contribution >= 0.6 is 23.2 Å². The summed E-state index contributed by atoms with van der Waals surface area (Å²) in [6.07, 6.45) is 0.909. The molecular weight excluding hydrogens is 487 g/mol. The molecule has 3 aromatic rings. The van der Waals surface area contributed by atoms with Crippen LogP contribution in [0.25, 0.3) is 10.9 Å². The van der Waals surface area contributed by atoms with Crippen LogP contribution in [0.2, 0.25) is 10.0 Å². The van der Waals surface area contributed by atoms with Gasteiger partial charge in [0, 0.05) is 35.7 Å². The van der Waals surface area contributed by atoms with Crippen molar-refractivity contribution in [3.05, 3.63) is 72.3 Å². The molecule has 0 amide bonds. The van der Waals surface area contributed by atoms with Gasteiger partial charge < -0.3 is 10.7 Å². The normalized spacial score (nSPS) is 17.2. The Labute approximate surface area is 200 Å². The van der Waals surface area contributed by atoms with Crippen LogP contribution in [-0.4, -0.2) is 47.8 Å². The van der Waals surface area contributed by atoms with Crippen molar-refractivity contribution in [2.75, 3.05) is 18.8 Å². The fourth-order valence-electron chi connectivity index (χ4n) is 4.13. The van der Waals surface area contributed by atoms with Crippen LogP contribution in [0.4, 0.5) is 0 Å². The van der Waals surface area contributed by atoms with Gasteiger partial charge in [0.05, 0.1) is 28.1 Å². The molecule has 0 radical (unpaired) electrons. The van der Waals surface area contributed by atoms with Crippen molar-refractivity contribution in [3.8, 4) is 0 Å². The number of sulfone groups is 1. The monoisotopic (exact) mass is 510 g/mol. The Bertz CT molecular complexity index is 1450. The van der Waals surface area contributed by atoms with Crippen LogP contribution in [0.15, 0.2) is 44.8 Å². The summed E-state index contributed by atoms with van der Waals surface area (Å²) in [5.74, 6) is -0.120. The summed E-state index contributed by atoms with van der Waals surface area (Å²) in [5, 5.41) is 0.957. The highest BCUT2D eigenvalue weighted by Gasteiger charge is 2.22. The summed E-state index contributed by atoms with van der Waals surface area (Å²) >= 11 is 12.5. The minimum Gasteiger partial charge on any atom is -0.326 e. The van der Waals surface area contributed by atoms with Gasteiger partial charge in [-0.1, -0.05) is 30.1 Å². The first-order valence-electron chi connectivity index (χ1n) is 10.5. The zero-order valence-corrected chi connectivity index (χ0v) is 20.3. The number of nitrogens with zero attached hydrogens (tertiary/aromatic N) is 2. The maximum Gasteiger partial charge on any atom is 0.329 e. The third kappa shape index (κ3) is 4.88. The first kappa shape index (κ1) is 24.0. The van der Waals surface area contributed by atoms with Crippen LogP contribution in [-0.2, 0) is 22.9 Å². The fraction of sp³-hybridized carbons (Fsp3) is 0.364. The molecule has 2 aromatic carbocycles. The van der Waals surface area contributed by atoms with Crippen molar-refractivity contribution in [3.63, 3.8) is 0 Å². The molecular formula is C22H24Cl2N4O4S. The second-order valence-corrected chi connectivity index (χ2v) is 11.3. The molecule has 1 aliphatic heterocycles. The molecule has 1 atom stereocenters. The molecule has 0 spiro atoms. The summed E-state index contributed by atoms with van der Waals surface area (Å²) in [5.41, 5.74) is 6.19. The molecule has 1 saturated heterocycles. The van der Waals surface area contributed by atoms with E-state index >= 15 is 0 Å². The molecule has 3 N–H and O–H groups in total. The number of rotatable bonds is 6. The van der Waals surface area contributed by atoms with Gasteiger partial charge >= 0.3 is 5.69 Å². The number of benzene rings is 2. The van der Waals surface area contributed by atoms with E-state index in [-0.39, 0.29) is 34.2 Å². The predicted octanol–water partition coefficient (Wildman–Crippen LogP) is 2.37. The fourth-order valence-corrected chi connectivity index (χ4v) is 5.66. The minimum absolute atomic E-state index is 0.0398. The summed E-state index contributed by atoms with van der Waals surface area (Å²) in [6, 6.07) is 7.69. The van der Waals surface area contributed by atoms with Crippen LogP contribution in [0.1, 0.15) is 24.5 Å². The average Bonchev–Trinajstić information content (AvgIpc) is 3.17. The summed E-state index contributed by atoms with van der Waals surface area (Å²) in [4.78, 5) is 31.0. The van der Waals surface area contributed by atoms with Gasteiger partial charge in [0.15, 0.2) is 9.84 Å². The SMILES string of the molecule is CCS(=O)(=O)c1ccc(Cl)cc1Cn1c(=O)[nH]c2cc(CN3CC[C@H](N)C3)c(Cl)cc2c1=O. The first-order chi connectivity index (χ1) is 15.6. The van der Waals surface area contributed by atoms with E-state index in [9.17, 15) is 18.0 Å². The number of nitrogens with one attached hydrogen (secondary N) is 1. The quantitative estimate of drug-likeness (QED) is 0.525. The van der Waals surface area contributed by atoms with E-state index in [4.69, 9.17) is 28.9 Å². The van der Waals surface area contributed by atoms with Gasteiger partial charge in [-0.15, -0.1) is 0 Å². The second kappa shape index (κ2) is 9.23. The van der Waals surface area contributed by atoms with Crippen molar-refractivity contribution < 1.29 is 8.42 Å². The number of aromatic nitrogens is 2. The Morgan fingerprint density at radius 3 is 2.55 bits per heavy atom. The van der Waals surface area contributed by atoms with Crippen molar-refractivity contribution in [1.82, 2.24) is 14.5 Å². The molecule has 8 nitrogen and oxygen atoms in total. The van der Waals surface area contributed by atoms with E-state index < -0.39 is 21.1 Å². The third-order valence-corrected chi connectivity index (χ3v) is 8.33. The molecule has 4 rings (SSSR count). The van der Waals surface area contributed by atoms with Crippen molar-refractivity contribution in [2.24, 2.45) is 5.73 Å². The first-order valence-corrected chi connectivity index (χ1v) is 12.9. The van der Waals surface area contributed by atoms with Crippen LogP contribution in [0.3, 0.4) is 0 Å². The standard InChI is InChI=1S/C22H24Cl2N4O4S/c1-2-33(31,32)20-4-3-15(23)7-14(20)11-28-21(29)17-9-18(24)13(8-19(17)26-22(28)30)10-27-6-5-16(25)12-27/h3-4,7-9,16H,2,5-6,10-12,25H2,1H3,(H,26,30)/t16-/m0/s1. The molecule has 2 heterocycles. The Hall–Kier alpha value is -2.17. The zero-order valence-electron chi connectivity index (χ0n) is 18.0. The Morgan fingerprint density at radius 2 is 1.88 bits per heavy atom.